The van der Waals surface area contributed by atoms with Gasteiger partial charge in [0.1, 0.15) is 17.5 Å². The van der Waals surface area contributed by atoms with Gasteiger partial charge in [0.25, 0.3) is 0 Å². The first-order valence-corrected chi connectivity index (χ1v) is 9.73. The van der Waals surface area contributed by atoms with Crippen molar-refractivity contribution in [2.75, 3.05) is 51.4 Å². The predicted molar refractivity (Wildman–Crippen MR) is 117 cm³/mol. The van der Waals surface area contributed by atoms with Gasteiger partial charge in [0.15, 0.2) is 5.82 Å². The number of nitrogens with zero attached hydrogens (tertiary/aromatic N) is 7. The van der Waals surface area contributed by atoms with E-state index in [0.29, 0.717) is 23.4 Å². The summed E-state index contributed by atoms with van der Waals surface area (Å²) in [5.74, 6) is 0.930. The second kappa shape index (κ2) is 10.5. The molecule has 0 bridgehead atoms. The molecule has 1 aromatic rings. The average Bonchev–Trinajstić information content (AvgIpc) is 2.73. The largest absolute Gasteiger partial charge is 0.479 e. The van der Waals surface area contributed by atoms with Gasteiger partial charge in [0, 0.05) is 38.6 Å². The minimum absolute atomic E-state index is 0.0269. The molecule has 1 aromatic heterocycles. The number of nitriles is 1. The van der Waals surface area contributed by atoms with Gasteiger partial charge in [-0.05, 0) is 19.1 Å². The summed E-state index contributed by atoms with van der Waals surface area (Å²) in [7, 11) is 1.59. The molecular formula is C20H26N8O2. The van der Waals surface area contributed by atoms with Crippen LogP contribution in [0.3, 0.4) is 0 Å². The normalized spacial score (nSPS) is 19.3. The molecule has 2 fully saturated rings. The smallest absolute Gasteiger partial charge is 0.239 e. The summed E-state index contributed by atoms with van der Waals surface area (Å²) < 4.78 is 10.8. The summed E-state index contributed by atoms with van der Waals surface area (Å²) in [4.78, 5) is 21.3. The van der Waals surface area contributed by atoms with Crippen molar-refractivity contribution in [2.24, 2.45) is 20.7 Å². The molecule has 158 valence electrons. The molecule has 3 rings (SSSR count). The monoisotopic (exact) mass is 410 g/mol. The van der Waals surface area contributed by atoms with Crippen molar-refractivity contribution in [1.29, 1.82) is 5.26 Å². The van der Waals surface area contributed by atoms with Crippen molar-refractivity contribution in [3.8, 4) is 11.9 Å². The molecule has 0 amide bonds. The minimum atomic E-state index is 0.0269. The minimum Gasteiger partial charge on any atom is -0.479 e. The molecular weight excluding hydrogens is 384 g/mol. The maximum Gasteiger partial charge on any atom is 0.239 e. The summed E-state index contributed by atoms with van der Waals surface area (Å²) in [5, 5.41) is 8.79. The van der Waals surface area contributed by atoms with Crippen molar-refractivity contribution in [3.05, 3.63) is 23.9 Å². The van der Waals surface area contributed by atoms with Gasteiger partial charge in [-0.1, -0.05) is 6.08 Å². The van der Waals surface area contributed by atoms with E-state index in [-0.39, 0.29) is 5.96 Å². The van der Waals surface area contributed by atoms with Crippen LogP contribution in [0.1, 0.15) is 6.92 Å². The number of rotatable bonds is 6. The van der Waals surface area contributed by atoms with Gasteiger partial charge in [0.05, 0.1) is 26.4 Å². The summed E-state index contributed by atoms with van der Waals surface area (Å²) in [5.41, 5.74) is 7.05. The molecule has 30 heavy (non-hydrogen) atoms. The average molecular weight is 410 g/mol. The van der Waals surface area contributed by atoms with Gasteiger partial charge < -0.3 is 20.1 Å². The molecule has 10 heteroatoms. The Morgan fingerprint density at radius 3 is 2.60 bits per heavy atom. The number of aliphatic imine (C=N–C) groups is 3. The lowest BCUT2D eigenvalue weighted by atomic mass is 10.1. The Balaban J connectivity index is 1.63. The Kier molecular flexibility index (Phi) is 7.48. The quantitative estimate of drug-likeness (QED) is 0.423. The van der Waals surface area contributed by atoms with Crippen LogP contribution in [0.15, 0.2) is 38.9 Å². The molecule has 10 nitrogen and oxygen atoms in total. The van der Waals surface area contributed by atoms with Gasteiger partial charge in [-0.2, -0.15) is 15.2 Å². The van der Waals surface area contributed by atoms with Gasteiger partial charge >= 0.3 is 0 Å². The van der Waals surface area contributed by atoms with Crippen LogP contribution >= 0.6 is 0 Å². The Morgan fingerprint density at radius 2 is 2.00 bits per heavy atom. The first-order chi connectivity index (χ1) is 14.6. The molecule has 0 aromatic carbocycles. The number of ether oxygens (including phenoxy) is 2. The van der Waals surface area contributed by atoms with Crippen LogP contribution in [0, 0.1) is 11.3 Å². The number of aromatic nitrogens is 1. The van der Waals surface area contributed by atoms with Crippen molar-refractivity contribution < 1.29 is 9.47 Å². The lowest BCUT2D eigenvalue weighted by molar-refractivity contribution is -0.0660. The molecule has 0 unspecified atom stereocenters. The van der Waals surface area contributed by atoms with E-state index in [9.17, 15) is 0 Å². The van der Waals surface area contributed by atoms with Crippen LogP contribution < -0.4 is 15.4 Å². The van der Waals surface area contributed by atoms with Crippen LogP contribution in [0.25, 0.3) is 0 Å². The topological polar surface area (TPSA) is 125 Å². The highest BCUT2D eigenvalue weighted by molar-refractivity contribution is 6.19. The number of allylic oxidation sites excluding steroid dienone is 2. The molecule has 2 saturated heterocycles. The summed E-state index contributed by atoms with van der Waals surface area (Å²) in [6.07, 6.45) is 4.35. The number of pyridine rings is 1. The Hall–Kier alpha value is -3.29. The van der Waals surface area contributed by atoms with Crippen LogP contribution in [0.2, 0.25) is 0 Å². The number of hydrogen-bond donors (Lipinski definition) is 1. The third kappa shape index (κ3) is 5.40. The fraction of sp³-hybridized carbons (Fsp3) is 0.450. The maximum atomic E-state index is 8.79. The summed E-state index contributed by atoms with van der Waals surface area (Å²) in [6.45, 7) is 7.18. The predicted octanol–water partition coefficient (Wildman–Crippen LogP) is 1.13. The second-order valence-corrected chi connectivity index (χ2v) is 6.72. The summed E-state index contributed by atoms with van der Waals surface area (Å²) >= 11 is 0. The van der Waals surface area contributed by atoms with Gasteiger partial charge in [0.2, 0.25) is 11.8 Å². The van der Waals surface area contributed by atoms with E-state index in [1.54, 1.807) is 26.2 Å². The van der Waals surface area contributed by atoms with Crippen LogP contribution in [0.5, 0.6) is 5.88 Å². The SMILES string of the molecule is C/C=C(C#N)/N=C/C=N/C(N)=Nc1ccc(N2CCN(C3COC3)CC2)c(OC)n1. The Bertz CT molecular complexity index is 891. The number of anilines is 1. The molecule has 0 aliphatic carbocycles. The van der Waals surface area contributed by atoms with E-state index >= 15 is 0 Å². The zero-order valence-electron chi connectivity index (χ0n) is 17.2. The van der Waals surface area contributed by atoms with Crippen LogP contribution in [-0.4, -0.2) is 80.8 Å². The zero-order valence-corrected chi connectivity index (χ0v) is 17.2. The van der Waals surface area contributed by atoms with Crippen LogP contribution in [0.4, 0.5) is 11.5 Å². The number of nitrogens with two attached hydrogens (primary N) is 1. The molecule has 2 aliphatic heterocycles. The second-order valence-electron chi connectivity index (χ2n) is 6.72. The van der Waals surface area contributed by atoms with Gasteiger partial charge in [-0.15, -0.1) is 0 Å². The number of guanidine groups is 1. The highest BCUT2D eigenvalue weighted by Crippen LogP contribution is 2.30. The maximum absolute atomic E-state index is 8.79. The molecule has 0 saturated carbocycles. The van der Waals surface area contributed by atoms with Crippen molar-refractivity contribution in [2.45, 2.75) is 13.0 Å². The lowest BCUT2D eigenvalue weighted by Gasteiger charge is -2.43. The van der Waals surface area contributed by atoms with E-state index in [2.05, 4.69) is 29.8 Å². The molecule has 0 radical (unpaired) electrons. The van der Waals surface area contributed by atoms with Crippen molar-refractivity contribution >= 4 is 29.9 Å². The van der Waals surface area contributed by atoms with Gasteiger partial charge in [-0.3, -0.25) is 4.90 Å². The highest BCUT2D eigenvalue weighted by Gasteiger charge is 2.29. The first-order valence-electron chi connectivity index (χ1n) is 9.73. The zero-order chi connectivity index (χ0) is 21.3. The molecule has 0 spiro atoms. The van der Waals surface area contributed by atoms with Crippen molar-refractivity contribution in [3.63, 3.8) is 0 Å². The fourth-order valence-electron chi connectivity index (χ4n) is 3.18. The first kappa shape index (κ1) is 21.4. The molecule has 3 heterocycles. The molecule has 2 N–H and O–H groups in total. The van der Waals surface area contributed by atoms with E-state index in [0.717, 1.165) is 45.1 Å². The van der Waals surface area contributed by atoms with Crippen LogP contribution in [-0.2, 0) is 4.74 Å². The number of methoxy groups -OCH3 is 1. The van der Waals surface area contributed by atoms with E-state index in [1.165, 1.54) is 12.4 Å². The Morgan fingerprint density at radius 1 is 1.27 bits per heavy atom. The third-order valence-electron chi connectivity index (χ3n) is 4.91. The molecule has 0 atom stereocenters. The lowest BCUT2D eigenvalue weighted by Crippen LogP contribution is -2.56. The third-order valence-corrected chi connectivity index (χ3v) is 4.91. The van der Waals surface area contributed by atoms with E-state index < -0.39 is 0 Å². The van der Waals surface area contributed by atoms with E-state index in [1.807, 2.05) is 12.1 Å². The fourth-order valence-corrected chi connectivity index (χ4v) is 3.18. The van der Waals surface area contributed by atoms with Gasteiger partial charge in [-0.25, -0.2) is 9.98 Å². The molecule has 2 aliphatic rings. The number of hydrogen-bond acceptors (Lipinski definition) is 8. The Labute approximate surface area is 176 Å². The highest BCUT2D eigenvalue weighted by atomic mass is 16.5. The number of piperazine rings is 1. The van der Waals surface area contributed by atoms with E-state index in [4.69, 9.17) is 20.5 Å². The van der Waals surface area contributed by atoms with Crippen molar-refractivity contribution in [1.82, 2.24) is 9.88 Å². The standard InChI is InChI=1S/C20H26N8O2/c1-3-15(12-21)23-6-7-24-20(22)26-18-5-4-17(19(25-18)29-2)28-10-8-27(9-11-28)16-13-30-14-16/h3-7,16H,8-11,13-14H2,1-2H3,(H2,22,25,26)/b15-3+,23-6+,24-7+. The summed E-state index contributed by atoms with van der Waals surface area (Å²) in [6, 6.07) is 6.23.